The third kappa shape index (κ3) is 4.54. The van der Waals surface area contributed by atoms with Gasteiger partial charge < -0.3 is 19.0 Å². The second-order valence-corrected chi connectivity index (χ2v) is 7.28. The Morgan fingerprint density at radius 3 is 2.73 bits per heavy atom. The monoisotopic (exact) mass is 427 g/mol. The summed E-state index contributed by atoms with van der Waals surface area (Å²) in [5.41, 5.74) is 0.800. The minimum Gasteiger partial charge on any atom is -0.484 e. The summed E-state index contributed by atoms with van der Waals surface area (Å²) in [5, 5.41) is 8.76. The van der Waals surface area contributed by atoms with Crippen molar-refractivity contribution in [3.05, 3.63) is 53.5 Å². The Bertz CT molecular complexity index is 1020. The Balaban J connectivity index is 1.37. The van der Waals surface area contributed by atoms with Gasteiger partial charge >= 0.3 is 0 Å². The van der Waals surface area contributed by atoms with Crippen LogP contribution in [0.5, 0.6) is 5.75 Å². The first kappa shape index (κ1) is 20.2. The molecule has 1 saturated heterocycles. The summed E-state index contributed by atoms with van der Waals surface area (Å²) in [6.45, 7) is 4.42. The summed E-state index contributed by atoms with van der Waals surface area (Å²) in [6, 6.07) is 10.8. The molecule has 3 heterocycles. The van der Waals surface area contributed by atoms with Gasteiger partial charge in [-0.25, -0.2) is 4.98 Å². The topological polar surface area (TPSA) is 84.6 Å². The molecule has 0 aliphatic carbocycles. The third-order valence-electron chi connectivity index (χ3n) is 4.88. The number of aryl methyl sites for hydroxylation is 1. The maximum absolute atomic E-state index is 12.5. The highest BCUT2D eigenvalue weighted by atomic mass is 35.5. The number of carbonyl (C=O) groups is 1. The predicted octanol–water partition coefficient (Wildman–Crippen LogP) is 3.08. The van der Waals surface area contributed by atoms with Crippen molar-refractivity contribution < 1.29 is 13.9 Å². The molecule has 2 aromatic heterocycles. The molecule has 0 saturated carbocycles. The molecule has 1 amide bonds. The van der Waals surface area contributed by atoms with Crippen LogP contribution in [0.1, 0.15) is 12.8 Å². The highest BCUT2D eigenvalue weighted by Gasteiger charge is 2.25. The van der Waals surface area contributed by atoms with E-state index in [1.165, 1.54) is 0 Å². The lowest BCUT2D eigenvalue weighted by atomic mass is 10.2. The fourth-order valence-corrected chi connectivity index (χ4v) is 3.46. The number of anilines is 1. The molecule has 8 nitrogen and oxygen atoms in total. The van der Waals surface area contributed by atoms with E-state index in [0.717, 1.165) is 11.4 Å². The number of nitrogens with zero attached hydrogens (tertiary/aromatic N) is 5. The summed E-state index contributed by atoms with van der Waals surface area (Å²) in [6.07, 6.45) is 2.42. The van der Waals surface area contributed by atoms with E-state index in [9.17, 15) is 4.79 Å². The molecular weight excluding hydrogens is 406 g/mol. The molecule has 0 bridgehead atoms. The predicted molar refractivity (Wildman–Crippen MR) is 113 cm³/mol. The fourth-order valence-electron chi connectivity index (χ4n) is 3.28. The molecule has 0 unspecified atom stereocenters. The number of amides is 1. The minimum absolute atomic E-state index is 0.0169. The van der Waals surface area contributed by atoms with Crippen LogP contribution in [0.2, 0.25) is 5.02 Å². The van der Waals surface area contributed by atoms with Crippen LogP contribution in [0, 0.1) is 0 Å². The van der Waals surface area contributed by atoms with E-state index >= 15 is 0 Å². The molecule has 4 rings (SSSR count). The first-order valence-corrected chi connectivity index (χ1v) is 10.2. The van der Waals surface area contributed by atoms with Crippen molar-refractivity contribution in [1.82, 2.24) is 20.1 Å². The van der Waals surface area contributed by atoms with Gasteiger partial charge in [-0.1, -0.05) is 24.6 Å². The van der Waals surface area contributed by atoms with Gasteiger partial charge in [0.15, 0.2) is 6.61 Å². The van der Waals surface area contributed by atoms with Crippen LogP contribution < -0.4 is 9.64 Å². The van der Waals surface area contributed by atoms with Crippen LogP contribution in [0.3, 0.4) is 0 Å². The van der Waals surface area contributed by atoms with Gasteiger partial charge in [0.1, 0.15) is 11.6 Å². The number of benzene rings is 1. The Kier molecular flexibility index (Phi) is 6.13. The molecule has 1 fully saturated rings. The summed E-state index contributed by atoms with van der Waals surface area (Å²) >= 11 is 5.95. The molecule has 0 N–H and O–H groups in total. The van der Waals surface area contributed by atoms with Crippen LogP contribution in [0.4, 0.5) is 5.82 Å². The molecule has 1 aliphatic rings. The highest BCUT2D eigenvalue weighted by molar-refractivity contribution is 6.30. The smallest absolute Gasteiger partial charge is 0.260 e. The van der Waals surface area contributed by atoms with E-state index in [4.69, 9.17) is 20.8 Å². The van der Waals surface area contributed by atoms with Gasteiger partial charge in [-0.3, -0.25) is 4.79 Å². The largest absolute Gasteiger partial charge is 0.484 e. The molecule has 156 valence electrons. The molecule has 9 heteroatoms. The molecule has 0 radical (unpaired) electrons. The number of halogens is 1. The average molecular weight is 428 g/mol. The molecule has 30 heavy (non-hydrogen) atoms. The molecular formula is C21H22ClN5O3. The summed E-state index contributed by atoms with van der Waals surface area (Å²) in [7, 11) is 0. The number of hydrogen-bond donors (Lipinski definition) is 0. The van der Waals surface area contributed by atoms with Gasteiger partial charge in [0, 0.05) is 43.8 Å². The van der Waals surface area contributed by atoms with Crippen molar-refractivity contribution in [3.8, 4) is 17.2 Å². The number of aromatic nitrogens is 3. The fraction of sp³-hybridized carbons (Fsp3) is 0.333. The summed E-state index contributed by atoms with van der Waals surface area (Å²) < 4.78 is 11.3. The van der Waals surface area contributed by atoms with Crippen LogP contribution in [-0.4, -0.2) is 58.8 Å². The van der Waals surface area contributed by atoms with E-state index in [0.29, 0.717) is 55.2 Å². The first-order valence-electron chi connectivity index (χ1n) is 9.83. The number of hydrogen-bond acceptors (Lipinski definition) is 7. The number of piperazine rings is 1. The van der Waals surface area contributed by atoms with Crippen LogP contribution in [0.25, 0.3) is 11.5 Å². The van der Waals surface area contributed by atoms with Crippen molar-refractivity contribution in [1.29, 1.82) is 0 Å². The van der Waals surface area contributed by atoms with Gasteiger partial charge in [0.05, 0.1) is 5.56 Å². The Hall–Kier alpha value is -3.13. The maximum Gasteiger partial charge on any atom is 0.260 e. The maximum atomic E-state index is 12.5. The number of rotatable bonds is 6. The quantitative estimate of drug-likeness (QED) is 0.597. The molecule has 0 spiro atoms. The minimum atomic E-state index is -0.0552. The zero-order valence-corrected chi connectivity index (χ0v) is 17.4. The van der Waals surface area contributed by atoms with Crippen molar-refractivity contribution in [3.63, 3.8) is 0 Å². The van der Waals surface area contributed by atoms with E-state index in [1.807, 2.05) is 19.1 Å². The van der Waals surface area contributed by atoms with Gasteiger partial charge in [0.25, 0.3) is 11.8 Å². The summed E-state index contributed by atoms with van der Waals surface area (Å²) in [4.78, 5) is 21.0. The Labute approximate surface area is 179 Å². The van der Waals surface area contributed by atoms with Crippen molar-refractivity contribution >= 4 is 23.3 Å². The van der Waals surface area contributed by atoms with E-state index in [-0.39, 0.29) is 12.5 Å². The number of pyridine rings is 1. The first-order chi connectivity index (χ1) is 14.6. The number of carbonyl (C=O) groups excluding carboxylic acids is 1. The van der Waals surface area contributed by atoms with Gasteiger partial charge in [0.2, 0.25) is 5.89 Å². The molecule has 0 atom stereocenters. The second kappa shape index (κ2) is 9.13. The van der Waals surface area contributed by atoms with Crippen molar-refractivity contribution in [2.45, 2.75) is 13.3 Å². The van der Waals surface area contributed by atoms with E-state index in [2.05, 4.69) is 20.1 Å². The number of ether oxygens (including phenoxy) is 1. The molecule has 3 aromatic rings. The van der Waals surface area contributed by atoms with Crippen molar-refractivity contribution in [2.75, 3.05) is 37.7 Å². The van der Waals surface area contributed by atoms with Crippen LogP contribution in [0.15, 0.2) is 47.0 Å². The zero-order chi connectivity index (χ0) is 20.9. The van der Waals surface area contributed by atoms with Crippen LogP contribution >= 0.6 is 11.6 Å². The van der Waals surface area contributed by atoms with Gasteiger partial charge in [-0.05, 0) is 30.3 Å². The average Bonchev–Trinajstić information content (AvgIpc) is 3.27. The van der Waals surface area contributed by atoms with Gasteiger partial charge in [-0.15, -0.1) is 10.2 Å². The van der Waals surface area contributed by atoms with Crippen molar-refractivity contribution in [2.24, 2.45) is 0 Å². The lowest BCUT2D eigenvalue weighted by Gasteiger charge is -2.35. The van der Waals surface area contributed by atoms with E-state index in [1.54, 1.807) is 35.4 Å². The van der Waals surface area contributed by atoms with Crippen LogP contribution in [-0.2, 0) is 11.2 Å². The lowest BCUT2D eigenvalue weighted by Crippen LogP contribution is -2.50. The lowest BCUT2D eigenvalue weighted by molar-refractivity contribution is -0.133. The van der Waals surface area contributed by atoms with Gasteiger partial charge in [-0.2, -0.15) is 0 Å². The highest BCUT2D eigenvalue weighted by Crippen LogP contribution is 2.28. The summed E-state index contributed by atoms with van der Waals surface area (Å²) in [5.74, 6) is 2.36. The SMILES string of the molecule is CCc1nnc(-c2cccnc2N2CCN(C(=O)COc3cccc(Cl)c3)CC2)o1. The second-order valence-electron chi connectivity index (χ2n) is 6.84. The third-order valence-corrected chi connectivity index (χ3v) is 5.11. The Morgan fingerprint density at radius 1 is 1.17 bits per heavy atom. The molecule has 1 aliphatic heterocycles. The normalized spacial score (nSPS) is 14.1. The zero-order valence-electron chi connectivity index (χ0n) is 16.6. The molecule has 1 aromatic carbocycles. The Morgan fingerprint density at radius 2 is 2.00 bits per heavy atom. The standard InChI is InChI=1S/C21H22ClN5O3/c1-2-18-24-25-21(30-18)17-7-4-8-23-20(17)27-11-9-26(10-12-27)19(28)14-29-16-6-3-5-15(22)13-16/h3-8,13H,2,9-12,14H2,1H3. The van der Waals surface area contributed by atoms with E-state index < -0.39 is 0 Å².